The molecule has 0 fully saturated rings. The summed E-state index contributed by atoms with van der Waals surface area (Å²) in [6.07, 6.45) is 2.05. The van der Waals surface area contributed by atoms with Gasteiger partial charge in [0.25, 0.3) is 0 Å². The summed E-state index contributed by atoms with van der Waals surface area (Å²) < 4.78 is 16.1. The molecule has 1 aromatic carbocycles. The minimum atomic E-state index is -2.37. The smallest absolute Gasteiger partial charge is 0.377 e. The third kappa shape index (κ3) is 3.72. The van der Waals surface area contributed by atoms with E-state index in [1.165, 1.54) is 5.56 Å². The van der Waals surface area contributed by atoms with Crippen LogP contribution in [-0.2, 0) is 19.7 Å². The van der Waals surface area contributed by atoms with Crippen molar-refractivity contribution >= 4 is 8.80 Å². The molecule has 0 atom stereocenters. The second-order valence-corrected chi connectivity index (χ2v) is 6.73. The molecule has 0 aromatic heterocycles. The molecule has 0 aliphatic rings. The normalized spacial score (nSPS) is 11.7. The van der Waals surface area contributed by atoms with Crippen LogP contribution in [0.2, 0.25) is 6.04 Å². The van der Waals surface area contributed by atoms with Gasteiger partial charge in [0.2, 0.25) is 0 Å². The predicted octanol–water partition coefficient (Wildman–Crippen LogP) is 2.50. The topological polar surface area (TPSA) is 27.7 Å². The molecule has 0 spiro atoms. The second kappa shape index (κ2) is 6.80. The zero-order chi connectivity index (χ0) is 11.9. The third-order valence-electron chi connectivity index (χ3n) is 2.72. The molecule has 0 bridgehead atoms. The van der Waals surface area contributed by atoms with Crippen molar-refractivity contribution in [2.45, 2.75) is 18.9 Å². The van der Waals surface area contributed by atoms with Crippen LogP contribution in [0, 0.1) is 0 Å². The van der Waals surface area contributed by atoms with E-state index in [4.69, 9.17) is 13.3 Å². The Hall–Kier alpha value is -0.683. The molecule has 16 heavy (non-hydrogen) atoms. The van der Waals surface area contributed by atoms with Crippen molar-refractivity contribution in [2.24, 2.45) is 0 Å². The Bertz CT molecular complexity index is 277. The van der Waals surface area contributed by atoms with Crippen LogP contribution in [0.3, 0.4) is 0 Å². The quantitative estimate of drug-likeness (QED) is 0.685. The summed E-state index contributed by atoms with van der Waals surface area (Å²) in [5.74, 6) is 0. The lowest BCUT2D eigenvalue weighted by atomic mass is 10.1. The minimum absolute atomic E-state index is 0.853. The monoisotopic (exact) mass is 240 g/mol. The zero-order valence-electron chi connectivity index (χ0n) is 10.2. The fourth-order valence-electron chi connectivity index (χ4n) is 1.71. The van der Waals surface area contributed by atoms with Gasteiger partial charge in [-0.05, 0) is 18.4 Å². The van der Waals surface area contributed by atoms with Crippen LogP contribution in [0.4, 0.5) is 0 Å². The molecule has 4 heteroatoms. The van der Waals surface area contributed by atoms with E-state index in [9.17, 15) is 0 Å². The third-order valence-corrected chi connectivity index (χ3v) is 5.56. The number of hydrogen-bond donors (Lipinski definition) is 0. The largest absolute Gasteiger partial charge is 0.500 e. The Morgan fingerprint density at radius 2 is 1.50 bits per heavy atom. The Kier molecular flexibility index (Phi) is 5.69. The SMILES string of the molecule is CO[Si](CCCc1ccccc1)(OC)OC. The summed E-state index contributed by atoms with van der Waals surface area (Å²) >= 11 is 0. The molecule has 1 aromatic rings. The van der Waals surface area contributed by atoms with E-state index in [0.29, 0.717) is 0 Å². The molecule has 0 unspecified atom stereocenters. The van der Waals surface area contributed by atoms with Crippen LogP contribution in [0.5, 0.6) is 0 Å². The van der Waals surface area contributed by atoms with E-state index in [0.717, 1.165) is 18.9 Å². The van der Waals surface area contributed by atoms with E-state index >= 15 is 0 Å². The molecule has 0 saturated heterocycles. The average Bonchev–Trinajstić information content (AvgIpc) is 2.37. The van der Waals surface area contributed by atoms with Crippen molar-refractivity contribution in [1.82, 2.24) is 0 Å². The van der Waals surface area contributed by atoms with Crippen LogP contribution in [0.1, 0.15) is 12.0 Å². The van der Waals surface area contributed by atoms with Crippen LogP contribution < -0.4 is 0 Å². The molecule has 1 rings (SSSR count). The van der Waals surface area contributed by atoms with Gasteiger partial charge in [-0.15, -0.1) is 0 Å². The van der Waals surface area contributed by atoms with Crippen molar-refractivity contribution in [1.29, 1.82) is 0 Å². The summed E-state index contributed by atoms with van der Waals surface area (Å²) in [7, 11) is 2.59. The van der Waals surface area contributed by atoms with Crippen molar-refractivity contribution < 1.29 is 13.3 Å². The van der Waals surface area contributed by atoms with E-state index in [-0.39, 0.29) is 0 Å². The lowest BCUT2D eigenvalue weighted by Crippen LogP contribution is -2.42. The molecular formula is C12H20O3Si. The first-order valence-electron chi connectivity index (χ1n) is 5.45. The summed E-state index contributed by atoms with van der Waals surface area (Å²) in [5.41, 5.74) is 1.34. The highest BCUT2D eigenvalue weighted by Crippen LogP contribution is 2.17. The van der Waals surface area contributed by atoms with Gasteiger partial charge in [0.1, 0.15) is 0 Å². The first-order chi connectivity index (χ1) is 7.76. The molecule has 0 N–H and O–H groups in total. The van der Waals surface area contributed by atoms with Gasteiger partial charge in [-0.25, -0.2) is 0 Å². The fourth-order valence-corrected chi connectivity index (χ4v) is 3.43. The van der Waals surface area contributed by atoms with E-state index < -0.39 is 8.80 Å². The molecule has 90 valence electrons. The summed E-state index contributed by atoms with van der Waals surface area (Å²) in [4.78, 5) is 0. The maximum absolute atomic E-state index is 5.37. The van der Waals surface area contributed by atoms with Crippen LogP contribution >= 0.6 is 0 Å². The molecule has 0 radical (unpaired) electrons. The minimum Gasteiger partial charge on any atom is -0.377 e. The van der Waals surface area contributed by atoms with Crippen molar-refractivity contribution in [2.75, 3.05) is 21.3 Å². The van der Waals surface area contributed by atoms with Gasteiger partial charge in [-0.1, -0.05) is 30.3 Å². The van der Waals surface area contributed by atoms with E-state index in [1.54, 1.807) is 21.3 Å². The van der Waals surface area contributed by atoms with E-state index in [1.807, 2.05) is 6.07 Å². The summed E-state index contributed by atoms with van der Waals surface area (Å²) in [6, 6.07) is 11.3. The fraction of sp³-hybridized carbons (Fsp3) is 0.500. The van der Waals surface area contributed by atoms with Gasteiger partial charge in [-0.2, -0.15) is 0 Å². The standard InChI is InChI=1S/C12H20O3Si/c1-13-16(14-2,15-3)11-7-10-12-8-5-4-6-9-12/h4-6,8-9H,7,10-11H2,1-3H3. The Morgan fingerprint density at radius 1 is 0.938 bits per heavy atom. The first kappa shape index (κ1) is 13.4. The van der Waals surface area contributed by atoms with Gasteiger partial charge in [0.05, 0.1) is 0 Å². The maximum atomic E-state index is 5.37. The van der Waals surface area contributed by atoms with Crippen molar-refractivity contribution in [3.63, 3.8) is 0 Å². The molecule has 0 aliphatic heterocycles. The number of aryl methyl sites for hydroxylation is 1. The molecule has 0 saturated carbocycles. The van der Waals surface area contributed by atoms with E-state index in [2.05, 4.69) is 24.3 Å². The Balaban J connectivity index is 2.39. The number of benzene rings is 1. The Morgan fingerprint density at radius 3 is 2.00 bits per heavy atom. The summed E-state index contributed by atoms with van der Waals surface area (Å²) in [6.45, 7) is 0. The lowest BCUT2D eigenvalue weighted by Gasteiger charge is -2.24. The molecule has 0 heterocycles. The van der Waals surface area contributed by atoms with Crippen molar-refractivity contribution in [3.8, 4) is 0 Å². The highest BCUT2D eigenvalue weighted by molar-refractivity contribution is 6.60. The predicted molar refractivity (Wildman–Crippen MR) is 66.4 cm³/mol. The van der Waals surface area contributed by atoms with Gasteiger partial charge in [0.15, 0.2) is 0 Å². The molecular weight excluding hydrogens is 220 g/mol. The second-order valence-electron chi connectivity index (χ2n) is 3.63. The maximum Gasteiger partial charge on any atom is 0.500 e. The highest BCUT2D eigenvalue weighted by Gasteiger charge is 2.36. The number of rotatable bonds is 7. The van der Waals surface area contributed by atoms with Crippen LogP contribution in [0.15, 0.2) is 30.3 Å². The molecule has 3 nitrogen and oxygen atoms in total. The highest BCUT2D eigenvalue weighted by atomic mass is 28.4. The molecule has 0 amide bonds. The van der Waals surface area contributed by atoms with Crippen LogP contribution in [-0.4, -0.2) is 30.1 Å². The van der Waals surface area contributed by atoms with Crippen LogP contribution in [0.25, 0.3) is 0 Å². The van der Waals surface area contributed by atoms with Gasteiger partial charge < -0.3 is 13.3 Å². The van der Waals surface area contributed by atoms with Crippen molar-refractivity contribution in [3.05, 3.63) is 35.9 Å². The summed E-state index contributed by atoms with van der Waals surface area (Å²) in [5, 5.41) is 0. The lowest BCUT2D eigenvalue weighted by molar-refractivity contribution is 0.123. The first-order valence-corrected chi connectivity index (χ1v) is 7.39. The van der Waals surface area contributed by atoms with Gasteiger partial charge in [-0.3, -0.25) is 0 Å². The zero-order valence-corrected chi connectivity index (χ0v) is 11.2. The van der Waals surface area contributed by atoms with Gasteiger partial charge in [0, 0.05) is 27.4 Å². The Labute approximate surface area is 98.7 Å². The van der Waals surface area contributed by atoms with Gasteiger partial charge >= 0.3 is 8.80 Å². The number of hydrogen-bond acceptors (Lipinski definition) is 3. The average molecular weight is 240 g/mol. The molecule has 0 aliphatic carbocycles.